The molecule has 0 radical (unpaired) electrons. The quantitative estimate of drug-likeness (QED) is 0.561. The Kier molecular flexibility index (Phi) is 4.19. The maximum Gasteiger partial charge on any atom is 0.155 e. The smallest absolute Gasteiger partial charge is 0.155 e. The van der Waals surface area contributed by atoms with E-state index in [0.29, 0.717) is 18.3 Å². The fraction of sp³-hybridized carbons (Fsp3) is 0.696. The van der Waals surface area contributed by atoms with Gasteiger partial charge in [-0.1, -0.05) is 25.8 Å². The van der Waals surface area contributed by atoms with Gasteiger partial charge in [-0.3, -0.25) is 4.79 Å². The molecule has 0 amide bonds. The highest BCUT2D eigenvalue weighted by atomic mass is 16.3. The maximum atomic E-state index is 12.0. The van der Waals surface area contributed by atoms with Crippen molar-refractivity contribution in [3.05, 3.63) is 23.3 Å². The van der Waals surface area contributed by atoms with Crippen molar-refractivity contribution in [2.75, 3.05) is 0 Å². The Balaban J connectivity index is 1.79. The lowest BCUT2D eigenvalue weighted by Gasteiger charge is -2.52. The molecule has 4 rings (SSSR count). The summed E-state index contributed by atoms with van der Waals surface area (Å²) in [5.41, 5.74) is 2.63. The number of aliphatic hydroxyl groups excluding tert-OH is 1. The first kappa shape index (κ1) is 17.1. The van der Waals surface area contributed by atoms with E-state index in [2.05, 4.69) is 31.8 Å². The SMILES string of the molecule is CCCC#C[C@]12CCC(=O)C=C1CC[C@@H]1C2=CC[C@]2(C)[C@@H](O)CC[C@@H]12. The number of aliphatic hydroxyl groups is 1. The lowest BCUT2D eigenvalue weighted by atomic mass is 9.51. The average Bonchev–Trinajstić information content (AvgIpc) is 2.91. The lowest BCUT2D eigenvalue weighted by Crippen LogP contribution is -2.46. The summed E-state index contributed by atoms with van der Waals surface area (Å²) in [5, 5.41) is 10.6. The van der Waals surface area contributed by atoms with Crippen LogP contribution in [-0.2, 0) is 4.79 Å². The zero-order chi connectivity index (χ0) is 17.7. The maximum absolute atomic E-state index is 12.0. The average molecular weight is 338 g/mol. The second-order valence-electron chi connectivity index (χ2n) is 8.81. The minimum Gasteiger partial charge on any atom is -0.393 e. The number of unbranched alkanes of at least 4 members (excludes halogenated alkanes) is 1. The molecule has 2 nitrogen and oxygen atoms in total. The largest absolute Gasteiger partial charge is 0.393 e. The van der Waals surface area contributed by atoms with E-state index in [-0.39, 0.29) is 22.7 Å². The number of hydrogen-bond acceptors (Lipinski definition) is 2. The Hall–Kier alpha value is -1.33. The standard InChI is InChI=1S/C23H30O2/c1-3-4-5-12-23-14-10-17(24)15-16(23)6-7-18-19-8-9-21(25)22(19,2)13-11-20(18)23/h11,15,18-19,21,25H,3-4,6-10,13-14H2,1-2H3/t18-,19-,21-,22-,23-/m0/s1. The number of carbonyl (C=O) groups is 1. The Labute approximate surface area is 151 Å². The van der Waals surface area contributed by atoms with E-state index in [0.717, 1.165) is 51.4 Å². The summed E-state index contributed by atoms with van der Waals surface area (Å²) >= 11 is 0. The van der Waals surface area contributed by atoms with Gasteiger partial charge in [0.25, 0.3) is 0 Å². The number of allylic oxidation sites excluding steroid dienone is 4. The topological polar surface area (TPSA) is 37.3 Å². The van der Waals surface area contributed by atoms with Crippen molar-refractivity contribution in [2.24, 2.45) is 22.7 Å². The summed E-state index contributed by atoms with van der Waals surface area (Å²) in [4.78, 5) is 12.0. The molecule has 2 fully saturated rings. The lowest BCUT2D eigenvalue weighted by molar-refractivity contribution is -0.115. The molecule has 5 atom stereocenters. The summed E-state index contributed by atoms with van der Waals surface area (Å²) in [5.74, 6) is 8.48. The number of hydrogen-bond donors (Lipinski definition) is 1. The first-order chi connectivity index (χ1) is 12.0. The van der Waals surface area contributed by atoms with E-state index >= 15 is 0 Å². The predicted octanol–water partition coefficient (Wildman–Crippen LogP) is 4.58. The van der Waals surface area contributed by atoms with Crippen LogP contribution in [-0.4, -0.2) is 17.0 Å². The number of rotatable bonds is 1. The van der Waals surface area contributed by atoms with Gasteiger partial charge >= 0.3 is 0 Å². The molecule has 2 saturated carbocycles. The number of ketones is 1. The van der Waals surface area contributed by atoms with E-state index in [9.17, 15) is 9.90 Å². The minimum atomic E-state index is -0.180. The van der Waals surface area contributed by atoms with Gasteiger partial charge in [-0.15, -0.1) is 5.92 Å². The van der Waals surface area contributed by atoms with E-state index in [1.54, 1.807) is 0 Å². The molecule has 1 N–H and O–H groups in total. The fourth-order valence-corrected chi connectivity index (χ4v) is 6.08. The Morgan fingerprint density at radius 3 is 2.92 bits per heavy atom. The molecule has 0 aromatic heterocycles. The normalized spacial score (nSPS) is 42.4. The van der Waals surface area contributed by atoms with Crippen molar-refractivity contribution in [3.63, 3.8) is 0 Å². The molecule has 0 bridgehead atoms. The van der Waals surface area contributed by atoms with Crippen molar-refractivity contribution in [2.45, 2.75) is 77.7 Å². The molecule has 0 aromatic rings. The molecular formula is C23H30O2. The molecule has 0 heterocycles. The highest BCUT2D eigenvalue weighted by molar-refractivity contribution is 5.92. The van der Waals surface area contributed by atoms with Gasteiger partial charge in [0.15, 0.2) is 5.78 Å². The molecule has 0 saturated heterocycles. The highest BCUT2D eigenvalue weighted by Gasteiger charge is 2.56. The van der Waals surface area contributed by atoms with Gasteiger partial charge < -0.3 is 5.11 Å². The van der Waals surface area contributed by atoms with Crippen LogP contribution in [0.5, 0.6) is 0 Å². The van der Waals surface area contributed by atoms with Crippen LogP contribution in [0.15, 0.2) is 23.3 Å². The summed E-state index contributed by atoms with van der Waals surface area (Å²) < 4.78 is 0. The third kappa shape index (κ3) is 2.47. The van der Waals surface area contributed by atoms with Crippen molar-refractivity contribution in [1.29, 1.82) is 0 Å². The van der Waals surface area contributed by atoms with E-state index in [1.807, 2.05) is 6.08 Å². The number of carbonyl (C=O) groups excluding carboxylic acids is 1. The van der Waals surface area contributed by atoms with Crippen LogP contribution in [0.1, 0.15) is 71.6 Å². The minimum absolute atomic E-state index is 0.0396. The van der Waals surface area contributed by atoms with Gasteiger partial charge in [0.2, 0.25) is 0 Å². The van der Waals surface area contributed by atoms with Crippen LogP contribution in [0.2, 0.25) is 0 Å². The van der Waals surface area contributed by atoms with E-state index in [1.165, 1.54) is 11.1 Å². The van der Waals surface area contributed by atoms with Crippen molar-refractivity contribution in [3.8, 4) is 11.8 Å². The van der Waals surface area contributed by atoms with Crippen molar-refractivity contribution in [1.82, 2.24) is 0 Å². The molecule has 0 spiro atoms. The van der Waals surface area contributed by atoms with Crippen LogP contribution in [0.4, 0.5) is 0 Å². The van der Waals surface area contributed by atoms with E-state index < -0.39 is 0 Å². The molecule has 25 heavy (non-hydrogen) atoms. The Morgan fingerprint density at radius 2 is 2.12 bits per heavy atom. The highest BCUT2D eigenvalue weighted by Crippen LogP contribution is 2.62. The molecular weight excluding hydrogens is 308 g/mol. The van der Waals surface area contributed by atoms with E-state index in [4.69, 9.17) is 0 Å². The Bertz CT molecular complexity index is 703. The van der Waals surface area contributed by atoms with Crippen LogP contribution in [0.25, 0.3) is 0 Å². The summed E-state index contributed by atoms with van der Waals surface area (Å²) in [7, 11) is 0. The van der Waals surface area contributed by atoms with Crippen molar-refractivity contribution >= 4 is 5.78 Å². The van der Waals surface area contributed by atoms with Crippen molar-refractivity contribution < 1.29 is 9.90 Å². The van der Waals surface area contributed by atoms with Gasteiger partial charge in [-0.25, -0.2) is 0 Å². The molecule has 2 heteroatoms. The molecule has 134 valence electrons. The summed E-state index contributed by atoms with van der Waals surface area (Å²) in [6, 6.07) is 0. The Morgan fingerprint density at radius 1 is 1.28 bits per heavy atom. The van der Waals surface area contributed by atoms with Crippen LogP contribution < -0.4 is 0 Å². The zero-order valence-corrected chi connectivity index (χ0v) is 15.6. The van der Waals surface area contributed by atoms with Crippen LogP contribution in [0.3, 0.4) is 0 Å². The number of fused-ring (bicyclic) bond motifs is 5. The molecule has 0 aromatic carbocycles. The van der Waals surface area contributed by atoms with Gasteiger partial charge in [-0.2, -0.15) is 0 Å². The first-order valence-corrected chi connectivity index (χ1v) is 10.1. The first-order valence-electron chi connectivity index (χ1n) is 10.1. The van der Waals surface area contributed by atoms with Crippen LogP contribution >= 0.6 is 0 Å². The molecule has 0 unspecified atom stereocenters. The van der Waals surface area contributed by atoms with Gasteiger partial charge in [0, 0.05) is 18.3 Å². The molecule has 0 aliphatic heterocycles. The summed E-state index contributed by atoms with van der Waals surface area (Å²) in [6.45, 7) is 4.45. The molecule has 4 aliphatic rings. The zero-order valence-electron chi connectivity index (χ0n) is 15.6. The third-order valence-electron chi connectivity index (χ3n) is 7.53. The van der Waals surface area contributed by atoms with Crippen LogP contribution in [0, 0.1) is 34.5 Å². The second kappa shape index (κ2) is 6.13. The van der Waals surface area contributed by atoms with Gasteiger partial charge in [0.1, 0.15) is 0 Å². The fourth-order valence-electron chi connectivity index (χ4n) is 6.08. The second-order valence-corrected chi connectivity index (χ2v) is 8.81. The predicted molar refractivity (Wildman–Crippen MR) is 99.7 cm³/mol. The van der Waals surface area contributed by atoms with Gasteiger partial charge in [0.05, 0.1) is 11.5 Å². The monoisotopic (exact) mass is 338 g/mol. The van der Waals surface area contributed by atoms with Gasteiger partial charge in [-0.05, 0) is 74.0 Å². The summed E-state index contributed by atoms with van der Waals surface area (Å²) in [6.07, 6.45) is 12.8. The third-order valence-corrected chi connectivity index (χ3v) is 7.53. The molecule has 4 aliphatic carbocycles.